The van der Waals surface area contributed by atoms with E-state index in [4.69, 9.17) is 20.7 Å². The van der Waals surface area contributed by atoms with Crippen LogP contribution in [-0.4, -0.2) is 32.8 Å². The van der Waals surface area contributed by atoms with Crippen LogP contribution in [0.4, 0.5) is 4.39 Å². The van der Waals surface area contributed by atoms with Gasteiger partial charge in [-0.05, 0) is 19.1 Å². The van der Waals surface area contributed by atoms with Crippen LogP contribution in [0.15, 0.2) is 17.5 Å². The minimum Gasteiger partial charge on any atom is -0.481 e. The smallest absolute Gasteiger partial charge is 0.312 e. The number of fused-ring (bicyclic) bond motifs is 1. The van der Waals surface area contributed by atoms with Gasteiger partial charge in [0.15, 0.2) is 17.6 Å². The van der Waals surface area contributed by atoms with Gasteiger partial charge < -0.3 is 9.84 Å². The topological polar surface area (TPSA) is 120 Å². The van der Waals surface area contributed by atoms with Crippen molar-refractivity contribution in [2.75, 3.05) is 0 Å². The Labute approximate surface area is 155 Å². The fraction of sp³-hybridized carbons (Fsp3) is 0.188. The lowest BCUT2D eigenvalue weighted by molar-refractivity contribution is -0.135. The van der Waals surface area contributed by atoms with Gasteiger partial charge >= 0.3 is 5.97 Å². The molecule has 0 spiro atoms. The second-order valence-corrected chi connectivity index (χ2v) is 7.48. The molecule has 3 aromatic rings. The highest BCUT2D eigenvalue weighted by molar-refractivity contribution is 7.18. The van der Waals surface area contributed by atoms with Crippen LogP contribution < -0.4 is 0 Å². The van der Waals surface area contributed by atoms with E-state index in [-0.39, 0.29) is 12.3 Å². The summed E-state index contributed by atoms with van der Waals surface area (Å²) in [5.74, 6) is -2.47. The highest BCUT2D eigenvalue weighted by Crippen LogP contribution is 2.33. The first-order valence-electron chi connectivity index (χ1n) is 7.38. The highest BCUT2D eigenvalue weighted by atomic mass is 32.1. The summed E-state index contributed by atoms with van der Waals surface area (Å²) in [6.07, 6.45) is -0.654. The number of halogens is 1. The quantitative estimate of drug-likeness (QED) is 0.450. The maximum absolute atomic E-state index is 14.8. The van der Waals surface area contributed by atoms with Gasteiger partial charge in [0.05, 0.1) is 27.3 Å². The summed E-state index contributed by atoms with van der Waals surface area (Å²) < 4.78 is 20.0. The molecule has 2 heterocycles. The molecule has 0 fully saturated rings. The zero-order valence-electron chi connectivity index (χ0n) is 13.5. The average molecular weight is 392 g/mol. The normalized spacial score (nSPS) is 10.8. The maximum atomic E-state index is 14.8. The summed E-state index contributed by atoms with van der Waals surface area (Å²) in [5, 5.41) is 26.7. The lowest BCUT2D eigenvalue weighted by atomic mass is 10.1. The van der Waals surface area contributed by atoms with Crippen LogP contribution in [0, 0.1) is 23.6 Å². The Balaban J connectivity index is 1.81. The molecule has 0 saturated carbocycles. The van der Waals surface area contributed by atoms with Gasteiger partial charge in [-0.2, -0.15) is 0 Å². The molecule has 0 atom stereocenters. The number of rotatable bonds is 5. The summed E-state index contributed by atoms with van der Waals surface area (Å²) in [4.78, 5) is 19.1. The Morgan fingerprint density at radius 3 is 2.73 bits per heavy atom. The summed E-state index contributed by atoms with van der Waals surface area (Å²) in [6.45, 7) is 1.85. The Kier molecular flexibility index (Phi) is 5.05. The molecule has 26 heavy (non-hydrogen) atoms. The summed E-state index contributed by atoms with van der Waals surface area (Å²) in [5.41, 5.74) is 1.43. The highest BCUT2D eigenvalue weighted by Gasteiger charge is 2.17. The van der Waals surface area contributed by atoms with Crippen molar-refractivity contribution < 1.29 is 19.0 Å². The van der Waals surface area contributed by atoms with Crippen LogP contribution in [0.25, 0.3) is 21.5 Å². The number of carboxylic acids is 1. The van der Waals surface area contributed by atoms with Crippen LogP contribution >= 0.6 is 22.7 Å². The molecule has 0 amide bonds. The number of nitrogens with zero attached hydrogens (tertiary/aromatic N) is 2. The summed E-state index contributed by atoms with van der Waals surface area (Å²) in [7, 11) is 0. The number of carboxylic acid groups (broad SMARTS) is 1. The molecule has 0 bridgehead atoms. The van der Waals surface area contributed by atoms with E-state index in [1.165, 1.54) is 11.3 Å². The monoisotopic (exact) mass is 392 g/mol. The molecule has 0 unspecified atom stereocenters. The van der Waals surface area contributed by atoms with E-state index in [0.29, 0.717) is 26.5 Å². The molecular formula is C16H13FN4O3S2. The number of hydrogen-bond donors (Lipinski definition) is 3. The van der Waals surface area contributed by atoms with E-state index in [9.17, 15) is 9.18 Å². The number of ether oxygens (including phenoxy) is 1. The van der Waals surface area contributed by atoms with Crippen molar-refractivity contribution in [2.45, 2.75) is 19.8 Å². The predicted octanol–water partition coefficient (Wildman–Crippen LogP) is 3.86. The molecule has 10 heteroatoms. The van der Waals surface area contributed by atoms with Gasteiger partial charge in [0.1, 0.15) is 11.4 Å². The molecule has 2 aromatic heterocycles. The second-order valence-electron chi connectivity index (χ2n) is 5.33. The van der Waals surface area contributed by atoms with Gasteiger partial charge in [-0.1, -0.05) is 0 Å². The number of aryl methyl sites for hydroxylation is 1. The van der Waals surface area contributed by atoms with E-state index in [2.05, 4.69) is 9.97 Å². The van der Waals surface area contributed by atoms with Crippen LogP contribution in [0.5, 0.6) is 0 Å². The summed E-state index contributed by atoms with van der Waals surface area (Å²) in [6, 6.07) is 3.32. The zero-order chi connectivity index (χ0) is 18.8. The predicted molar refractivity (Wildman–Crippen MR) is 97.9 cm³/mol. The van der Waals surface area contributed by atoms with Crippen LogP contribution in [0.1, 0.15) is 16.4 Å². The van der Waals surface area contributed by atoms with Gasteiger partial charge in [-0.3, -0.25) is 15.6 Å². The van der Waals surface area contributed by atoms with E-state index >= 15 is 0 Å². The van der Waals surface area contributed by atoms with Crippen molar-refractivity contribution in [3.63, 3.8) is 0 Å². The van der Waals surface area contributed by atoms with Crippen molar-refractivity contribution in [1.29, 1.82) is 10.8 Å². The lowest BCUT2D eigenvalue weighted by Crippen LogP contribution is -2.16. The third-order valence-corrected chi connectivity index (χ3v) is 5.14. The van der Waals surface area contributed by atoms with Crippen LogP contribution in [0.3, 0.4) is 0 Å². The number of nitrogens with one attached hydrogen (secondary N) is 2. The van der Waals surface area contributed by atoms with Gasteiger partial charge in [0, 0.05) is 10.9 Å². The minimum atomic E-state index is -1.21. The van der Waals surface area contributed by atoms with Gasteiger partial charge in [-0.25, -0.2) is 14.4 Å². The fourth-order valence-corrected chi connectivity index (χ4v) is 3.88. The van der Waals surface area contributed by atoms with E-state index in [1.54, 1.807) is 17.5 Å². The van der Waals surface area contributed by atoms with Crippen LogP contribution in [-0.2, 0) is 16.0 Å². The standard InChI is InChI=1S/C16H13FN4O3S2/c1-7-20-10(6-25-7)8-2-3-9-16(15(8)17)26-13(21-9)4-11(18)24-12(19)5-14(22)23/h2-3,6,18-19H,4-5H2,1H3,(H,22,23). The SMILES string of the molecule is Cc1nc(-c2ccc3nc(CC(=N)OC(=N)CC(=O)O)sc3c2F)cs1. The molecule has 7 nitrogen and oxygen atoms in total. The number of carbonyl (C=O) groups is 1. The Bertz CT molecular complexity index is 1030. The summed E-state index contributed by atoms with van der Waals surface area (Å²) >= 11 is 2.53. The number of hydrogen-bond acceptors (Lipinski definition) is 8. The van der Waals surface area contributed by atoms with Crippen molar-refractivity contribution >= 4 is 50.7 Å². The fourth-order valence-electron chi connectivity index (χ4n) is 2.26. The van der Waals surface area contributed by atoms with Gasteiger partial charge in [-0.15, -0.1) is 22.7 Å². The third kappa shape index (κ3) is 3.92. The maximum Gasteiger partial charge on any atom is 0.312 e. The van der Waals surface area contributed by atoms with Crippen LogP contribution in [0.2, 0.25) is 0 Å². The number of thiazole rings is 2. The number of benzene rings is 1. The molecule has 3 rings (SSSR count). The molecular weight excluding hydrogens is 379 g/mol. The molecule has 3 N–H and O–H groups in total. The number of aliphatic carboxylic acids is 1. The van der Waals surface area contributed by atoms with E-state index < -0.39 is 24.1 Å². The average Bonchev–Trinajstić information content (AvgIpc) is 3.13. The first-order valence-corrected chi connectivity index (χ1v) is 9.08. The first-order chi connectivity index (χ1) is 12.3. The van der Waals surface area contributed by atoms with E-state index in [0.717, 1.165) is 16.3 Å². The minimum absolute atomic E-state index is 0.0497. The van der Waals surface area contributed by atoms with E-state index in [1.807, 2.05) is 6.92 Å². The molecule has 0 aliphatic heterocycles. The molecule has 1 aromatic carbocycles. The first kappa shape index (κ1) is 18.1. The third-order valence-electron chi connectivity index (χ3n) is 3.31. The van der Waals surface area contributed by atoms with Gasteiger partial charge in [0.2, 0.25) is 0 Å². The largest absolute Gasteiger partial charge is 0.481 e. The molecule has 0 saturated heterocycles. The van der Waals surface area contributed by atoms with Crippen molar-refractivity contribution in [3.05, 3.63) is 33.3 Å². The zero-order valence-corrected chi connectivity index (χ0v) is 15.1. The molecule has 0 radical (unpaired) electrons. The number of aromatic nitrogens is 2. The Morgan fingerprint density at radius 1 is 1.31 bits per heavy atom. The van der Waals surface area contributed by atoms with Crippen molar-refractivity contribution in [1.82, 2.24) is 9.97 Å². The Hall–Kier alpha value is -2.72. The molecule has 134 valence electrons. The van der Waals surface area contributed by atoms with Crippen molar-refractivity contribution in [2.24, 2.45) is 0 Å². The lowest BCUT2D eigenvalue weighted by Gasteiger charge is -2.04. The molecule has 0 aliphatic carbocycles. The Morgan fingerprint density at radius 2 is 2.08 bits per heavy atom. The molecule has 0 aliphatic rings. The second kappa shape index (κ2) is 7.26. The van der Waals surface area contributed by atoms with Gasteiger partial charge in [0.25, 0.3) is 0 Å². The van der Waals surface area contributed by atoms with Crippen molar-refractivity contribution in [3.8, 4) is 11.3 Å².